The third-order valence-electron chi connectivity index (χ3n) is 5.15. The van der Waals surface area contributed by atoms with E-state index in [4.69, 9.17) is 23.2 Å². The number of aromatic amines is 2. The molecule has 0 saturated carbocycles. The number of anilines is 2. The van der Waals surface area contributed by atoms with Gasteiger partial charge in [0.25, 0.3) is 0 Å². The van der Waals surface area contributed by atoms with Crippen LogP contribution in [0.5, 0.6) is 0 Å². The first-order valence-electron chi connectivity index (χ1n) is 9.82. The molecule has 11 heteroatoms. The zero-order chi connectivity index (χ0) is 21.2. The Morgan fingerprint density at radius 2 is 1.94 bits per heavy atom. The number of hydrogen-bond acceptors (Lipinski definition) is 7. The largest absolute Gasteiger partial charge is 0.355 e. The molecule has 0 unspecified atom stereocenters. The van der Waals surface area contributed by atoms with Gasteiger partial charge in [0, 0.05) is 41.8 Å². The Labute approximate surface area is 188 Å². The fourth-order valence-corrected chi connectivity index (χ4v) is 4.09. The van der Waals surface area contributed by atoms with Crippen LogP contribution in [-0.4, -0.2) is 55.0 Å². The predicted octanol–water partition coefficient (Wildman–Crippen LogP) is 3.55. The molecule has 1 aromatic carbocycles. The van der Waals surface area contributed by atoms with Crippen LogP contribution in [-0.2, 0) is 6.42 Å². The molecule has 1 aliphatic rings. The van der Waals surface area contributed by atoms with Gasteiger partial charge in [-0.25, -0.2) is 15.0 Å². The summed E-state index contributed by atoms with van der Waals surface area (Å²) in [4.78, 5) is 18.9. The maximum absolute atomic E-state index is 6.06. The van der Waals surface area contributed by atoms with E-state index < -0.39 is 0 Å². The van der Waals surface area contributed by atoms with Crippen LogP contribution in [0.15, 0.2) is 42.9 Å². The maximum atomic E-state index is 6.06. The number of aromatic nitrogens is 7. The minimum atomic E-state index is 0.384. The van der Waals surface area contributed by atoms with E-state index >= 15 is 0 Å². The molecule has 0 aliphatic carbocycles. The van der Waals surface area contributed by atoms with Crippen molar-refractivity contribution in [2.45, 2.75) is 12.3 Å². The number of hydrogen-bond donors (Lipinski definition) is 3. The molecule has 31 heavy (non-hydrogen) atoms. The first kappa shape index (κ1) is 19.8. The van der Waals surface area contributed by atoms with Crippen LogP contribution in [0.1, 0.15) is 17.2 Å². The van der Waals surface area contributed by atoms with Gasteiger partial charge in [-0.3, -0.25) is 0 Å². The van der Waals surface area contributed by atoms with Crippen molar-refractivity contribution in [3.63, 3.8) is 0 Å². The van der Waals surface area contributed by atoms with Gasteiger partial charge in [0.1, 0.15) is 11.5 Å². The Morgan fingerprint density at radius 1 is 1.10 bits per heavy atom. The van der Waals surface area contributed by atoms with Crippen molar-refractivity contribution in [2.75, 3.05) is 29.9 Å². The van der Waals surface area contributed by atoms with Gasteiger partial charge in [0.05, 0.1) is 18.1 Å². The van der Waals surface area contributed by atoms with Crippen molar-refractivity contribution in [1.29, 1.82) is 0 Å². The van der Waals surface area contributed by atoms with Crippen LogP contribution in [0.2, 0.25) is 10.0 Å². The molecule has 0 radical (unpaired) electrons. The van der Waals surface area contributed by atoms with E-state index in [1.165, 1.54) is 0 Å². The molecule has 4 heterocycles. The van der Waals surface area contributed by atoms with Crippen molar-refractivity contribution in [3.05, 3.63) is 64.2 Å². The van der Waals surface area contributed by atoms with E-state index in [2.05, 4.69) is 45.6 Å². The summed E-state index contributed by atoms with van der Waals surface area (Å²) in [6.45, 7) is 2.40. The molecule has 0 atom stereocenters. The van der Waals surface area contributed by atoms with Gasteiger partial charge in [-0.2, -0.15) is 15.4 Å². The first-order chi connectivity index (χ1) is 15.1. The molecule has 0 spiro atoms. The third-order valence-corrected chi connectivity index (χ3v) is 5.59. The van der Waals surface area contributed by atoms with Gasteiger partial charge in [0.15, 0.2) is 5.82 Å². The highest BCUT2D eigenvalue weighted by molar-refractivity contribution is 6.34. The van der Waals surface area contributed by atoms with Crippen LogP contribution in [0.3, 0.4) is 0 Å². The minimum Gasteiger partial charge on any atom is -0.355 e. The molecule has 0 bridgehead atoms. The number of halogens is 2. The topological polar surface area (TPSA) is 111 Å². The molecule has 1 saturated heterocycles. The molecule has 158 valence electrons. The Kier molecular flexibility index (Phi) is 5.44. The Balaban J connectivity index is 1.19. The van der Waals surface area contributed by atoms with E-state index in [0.29, 0.717) is 34.3 Å². The van der Waals surface area contributed by atoms with Crippen molar-refractivity contribution < 1.29 is 0 Å². The Hall–Kier alpha value is -3.17. The molecular weight excluding hydrogens is 437 g/mol. The van der Waals surface area contributed by atoms with Crippen molar-refractivity contribution >= 4 is 35.0 Å². The SMILES string of the molecule is Clc1cc(Cl)cc(CCNc2nccc(-c3ncc(N4CC(c5cn[nH]n5)C4)[nH]3)n2)c1. The highest BCUT2D eigenvalue weighted by atomic mass is 35.5. The van der Waals surface area contributed by atoms with Gasteiger partial charge in [-0.05, 0) is 36.2 Å². The number of nitrogens with one attached hydrogen (secondary N) is 3. The number of benzene rings is 1. The number of rotatable bonds is 7. The van der Waals surface area contributed by atoms with Gasteiger partial charge >= 0.3 is 0 Å². The van der Waals surface area contributed by atoms with Crippen molar-refractivity contribution in [1.82, 2.24) is 35.3 Å². The van der Waals surface area contributed by atoms with Gasteiger partial charge in [-0.15, -0.1) is 0 Å². The smallest absolute Gasteiger partial charge is 0.223 e. The van der Waals surface area contributed by atoms with Crippen molar-refractivity contribution in [3.8, 4) is 11.5 Å². The van der Waals surface area contributed by atoms with Crippen LogP contribution in [0, 0.1) is 0 Å². The molecule has 1 aliphatic heterocycles. The highest BCUT2D eigenvalue weighted by Gasteiger charge is 2.31. The van der Waals surface area contributed by atoms with Crippen LogP contribution >= 0.6 is 23.2 Å². The summed E-state index contributed by atoms with van der Waals surface area (Å²) in [5.74, 6) is 2.58. The lowest BCUT2D eigenvalue weighted by atomic mass is 9.97. The van der Waals surface area contributed by atoms with Crippen LogP contribution < -0.4 is 10.2 Å². The van der Waals surface area contributed by atoms with Gasteiger partial charge in [-0.1, -0.05) is 23.2 Å². The molecule has 5 rings (SSSR count). The molecule has 9 nitrogen and oxygen atoms in total. The minimum absolute atomic E-state index is 0.384. The molecule has 3 aromatic heterocycles. The second kappa shape index (κ2) is 8.52. The highest BCUT2D eigenvalue weighted by Crippen LogP contribution is 2.30. The maximum Gasteiger partial charge on any atom is 0.223 e. The molecule has 3 N–H and O–H groups in total. The van der Waals surface area contributed by atoms with Gasteiger partial charge in [0.2, 0.25) is 5.95 Å². The Morgan fingerprint density at radius 3 is 2.71 bits per heavy atom. The summed E-state index contributed by atoms with van der Waals surface area (Å²) < 4.78 is 0. The second-order valence-corrected chi connectivity index (χ2v) is 8.21. The third kappa shape index (κ3) is 4.47. The normalized spacial score (nSPS) is 13.9. The summed E-state index contributed by atoms with van der Waals surface area (Å²) in [7, 11) is 0. The monoisotopic (exact) mass is 455 g/mol. The van der Waals surface area contributed by atoms with E-state index in [0.717, 1.165) is 42.3 Å². The summed E-state index contributed by atoms with van der Waals surface area (Å²) in [6.07, 6.45) is 6.07. The summed E-state index contributed by atoms with van der Waals surface area (Å²) in [5, 5.41) is 15.2. The second-order valence-electron chi connectivity index (χ2n) is 7.33. The summed E-state index contributed by atoms with van der Waals surface area (Å²) in [6, 6.07) is 7.36. The predicted molar refractivity (Wildman–Crippen MR) is 120 cm³/mol. The van der Waals surface area contributed by atoms with E-state index in [1.54, 1.807) is 18.5 Å². The van der Waals surface area contributed by atoms with Crippen LogP contribution in [0.4, 0.5) is 11.8 Å². The quantitative estimate of drug-likeness (QED) is 0.390. The van der Waals surface area contributed by atoms with E-state index in [-0.39, 0.29) is 0 Å². The molecule has 0 amide bonds. The number of H-pyrrole nitrogens is 2. The Bertz CT molecular complexity index is 1150. The lowest BCUT2D eigenvalue weighted by Crippen LogP contribution is -2.45. The fraction of sp³-hybridized carbons (Fsp3) is 0.250. The number of imidazole rings is 1. The van der Waals surface area contributed by atoms with Gasteiger partial charge < -0.3 is 15.2 Å². The lowest BCUT2D eigenvalue weighted by Gasteiger charge is -2.38. The zero-order valence-electron chi connectivity index (χ0n) is 16.4. The van der Waals surface area contributed by atoms with E-state index in [1.807, 2.05) is 24.4 Å². The average molecular weight is 456 g/mol. The van der Waals surface area contributed by atoms with Crippen molar-refractivity contribution in [2.24, 2.45) is 0 Å². The first-order valence-corrected chi connectivity index (χ1v) is 10.6. The molecular formula is C20H19Cl2N9. The molecule has 4 aromatic rings. The van der Waals surface area contributed by atoms with E-state index in [9.17, 15) is 0 Å². The fourth-order valence-electron chi connectivity index (χ4n) is 3.52. The zero-order valence-corrected chi connectivity index (χ0v) is 17.9. The number of nitrogens with zero attached hydrogens (tertiary/aromatic N) is 6. The lowest BCUT2D eigenvalue weighted by molar-refractivity contribution is 0.509. The summed E-state index contributed by atoms with van der Waals surface area (Å²) >= 11 is 12.1. The van der Waals surface area contributed by atoms with Crippen LogP contribution in [0.25, 0.3) is 11.5 Å². The molecule has 1 fully saturated rings. The average Bonchev–Trinajstić information content (AvgIpc) is 3.39. The standard InChI is InChI=1S/C20H19Cl2N9/c21-14-5-12(6-15(22)7-14)1-3-23-20-24-4-2-16(27-20)19-25-9-18(28-19)31-10-13(11-31)17-8-26-30-29-17/h2,4-9,13H,1,3,10-11H2,(H,25,28)(H,23,24,27)(H,26,29,30). The summed E-state index contributed by atoms with van der Waals surface area (Å²) in [5.41, 5.74) is 2.76.